The van der Waals surface area contributed by atoms with Crippen LogP contribution in [-0.4, -0.2) is 21.8 Å². The molecule has 0 atom stereocenters. The van der Waals surface area contributed by atoms with Crippen molar-refractivity contribution < 1.29 is 9.59 Å². The number of carbonyl (C=O) groups is 2. The van der Waals surface area contributed by atoms with Crippen LogP contribution in [0.2, 0.25) is 0 Å². The zero-order chi connectivity index (χ0) is 21.5. The highest BCUT2D eigenvalue weighted by molar-refractivity contribution is 7.20. The van der Waals surface area contributed by atoms with E-state index in [4.69, 9.17) is 4.98 Å². The summed E-state index contributed by atoms with van der Waals surface area (Å²) in [6, 6.07) is 5.41. The first kappa shape index (κ1) is 20.9. The van der Waals surface area contributed by atoms with Gasteiger partial charge in [-0.15, -0.1) is 11.3 Å². The average Bonchev–Trinajstić information content (AvgIpc) is 2.93. The summed E-state index contributed by atoms with van der Waals surface area (Å²) in [5, 5.41) is 6.68. The molecule has 0 fully saturated rings. The Morgan fingerprint density at radius 1 is 1.03 bits per heavy atom. The Morgan fingerprint density at radius 2 is 1.72 bits per heavy atom. The number of anilines is 2. The molecule has 152 valence electrons. The maximum atomic E-state index is 13.0. The largest absolute Gasteiger partial charge is 0.326 e. The summed E-state index contributed by atoms with van der Waals surface area (Å²) in [4.78, 5) is 35.1. The van der Waals surface area contributed by atoms with Crippen molar-refractivity contribution in [2.75, 3.05) is 10.6 Å². The van der Waals surface area contributed by atoms with E-state index >= 15 is 0 Å². The van der Waals surface area contributed by atoms with Gasteiger partial charge in [0.05, 0.1) is 10.6 Å². The lowest BCUT2D eigenvalue weighted by Gasteiger charge is -2.16. The molecule has 7 heteroatoms. The van der Waals surface area contributed by atoms with E-state index in [9.17, 15) is 9.59 Å². The van der Waals surface area contributed by atoms with E-state index in [1.54, 1.807) is 12.1 Å². The number of aromatic nitrogens is 2. The Labute approximate surface area is 174 Å². The molecule has 0 aliphatic heterocycles. The number of amides is 2. The van der Waals surface area contributed by atoms with E-state index < -0.39 is 0 Å². The average molecular weight is 411 g/mol. The van der Waals surface area contributed by atoms with Gasteiger partial charge in [0.2, 0.25) is 5.91 Å². The molecule has 0 saturated heterocycles. The van der Waals surface area contributed by atoms with Crippen LogP contribution in [0, 0.1) is 20.8 Å². The van der Waals surface area contributed by atoms with Crippen molar-refractivity contribution in [2.45, 2.75) is 53.9 Å². The van der Waals surface area contributed by atoms with Crippen LogP contribution in [0.5, 0.6) is 0 Å². The van der Waals surface area contributed by atoms with Crippen molar-refractivity contribution in [2.24, 2.45) is 0 Å². The molecule has 0 bridgehead atoms. The van der Waals surface area contributed by atoms with Crippen molar-refractivity contribution in [1.82, 2.24) is 9.97 Å². The monoisotopic (exact) mass is 410 g/mol. The number of aryl methyl sites for hydroxylation is 3. The lowest BCUT2D eigenvalue weighted by molar-refractivity contribution is -0.114. The predicted octanol–water partition coefficient (Wildman–Crippen LogP) is 5.12. The molecular formula is C22H26N4O2S. The second-order valence-corrected chi connectivity index (χ2v) is 9.28. The van der Waals surface area contributed by atoms with Crippen LogP contribution in [-0.2, 0) is 10.2 Å². The van der Waals surface area contributed by atoms with Crippen LogP contribution in [0.25, 0.3) is 10.2 Å². The van der Waals surface area contributed by atoms with E-state index in [1.807, 2.05) is 26.8 Å². The SMILES string of the molecule is CC(=O)Nc1ccc(NC(=O)c2sc3nc(C(C)(C)C)nc(C)c3c2C)cc1C. The Balaban J connectivity index is 1.93. The fourth-order valence-electron chi connectivity index (χ4n) is 3.15. The first-order valence-electron chi connectivity index (χ1n) is 9.45. The van der Waals surface area contributed by atoms with Gasteiger partial charge >= 0.3 is 0 Å². The van der Waals surface area contributed by atoms with Gasteiger partial charge in [-0.3, -0.25) is 9.59 Å². The number of nitrogens with zero attached hydrogens (tertiary/aromatic N) is 2. The molecule has 2 aromatic heterocycles. The van der Waals surface area contributed by atoms with Crippen LogP contribution in [0.3, 0.4) is 0 Å². The summed E-state index contributed by atoms with van der Waals surface area (Å²) in [6.07, 6.45) is 0. The van der Waals surface area contributed by atoms with Crippen LogP contribution < -0.4 is 10.6 Å². The Bertz CT molecular complexity index is 1130. The van der Waals surface area contributed by atoms with Gasteiger partial charge in [-0.2, -0.15) is 0 Å². The van der Waals surface area contributed by atoms with Crippen molar-refractivity contribution in [3.05, 3.63) is 45.7 Å². The highest BCUT2D eigenvalue weighted by Crippen LogP contribution is 2.33. The minimum atomic E-state index is -0.172. The third-order valence-corrected chi connectivity index (χ3v) is 5.83. The third kappa shape index (κ3) is 4.29. The summed E-state index contributed by atoms with van der Waals surface area (Å²) in [5.41, 5.74) is 3.91. The molecule has 0 aliphatic carbocycles. The molecule has 0 unspecified atom stereocenters. The summed E-state index contributed by atoms with van der Waals surface area (Å²) in [5.74, 6) is 0.477. The smallest absolute Gasteiger partial charge is 0.266 e. The Kier molecular flexibility index (Phi) is 5.45. The highest BCUT2D eigenvalue weighted by Gasteiger charge is 2.23. The molecule has 2 amide bonds. The molecule has 0 saturated carbocycles. The van der Waals surface area contributed by atoms with Crippen molar-refractivity contribution >= 4 is 44.7 Å². The molecule has 0 radical (unpaired) electrons. The van der Waals surface area contributed by atoms with E-state index in [-0.39, 0.29) is 17.2 Å². The van der Waals surface area contributed by atoms with Crippen LogP contribution in [0.15, 0.2) is 18.2 Å². The first-order chi connectivity index (χ1) is 13.5. The van der Waals surface area contributed by atoms with Gasteiger partial charge in [0, 0.05) is 29.1 Å². The molecule has 3 aromatic rings. The first-order valence-corrected chi connectivity index (χ1v) is 10.3. The van der Waals surface area contributed by atoms with Gasteiger partial charge in [-0.1, -0.05) is 20.8 Å². The lowest BCUT2D eigenvalue weighted by atomic mass is 9.95. The van der Waals surface area contributed by atoms with Crippen LogP contribution in [0.1, 0.15) is 60.0 Å². The second kappa shape index (κ2) is 7.55. The molecule has 0 spiro atoms. The number of benzene rings is 1. The van der Waals surface area contributed by atoms with Gasteiger partial charge in [-0.05, 0) is 50.1 Å². The quantitative estimate of drug-likeness (QED) is 0.627. The minimum Gasteiger partial charge on any atom is -0.326 e. The maximum Gasteiger partial charge on any atom is 0.266 e. The van der Waals surface area contributed by atoms with E-state index in [0.717, 1.165) is 38.5 Å². The molecule has 2 heterocycles. The number of fused-ring (bicyclic) bond motifs is 1. The van der Waals surface area contributed by atoms with Crippen molar-refractivity contribution in [3.63, 3.8) is 0 Å². The number of hydrogen-bond acceptors (Lipinski definition) is 5. The van der Waals surface area contributed by atoms with Gasteiger partial charge in [-0.25, -0.2) is 9.97 Å². The molecular weight excluding hydrogens is 384 g/mol. The summed E-state index contributed by atoms with van der Waals surface area (Å²) in [6.45, 7) is 13.5. The Hall–Kier alpha value is -2.80. The summed E-state index contributed by atoms with van der Waals surface area (Å²) in [7, 11) is 0. The van der Waals surface area contributed by atoms with Crippen molar-refractivity contribution in [3.8, 4) is 0 Å². The number of thiophene rings is 1. The molecule has 2 N–H and O–H groups in total. The number of rotatable bonds is 3. The number of carbonyl (C=O) groups excluding carboxylic acids is 2. The van der Waals surface area contributed by atoms with Crippen LogP contribution >= 0.6 is 11.3 Å². The highest BCUT2D eigenvalue weighted by atomic mass is 32.1. The molecule has 6 nitrogen and oxygen atoms in total. The van der Waals surface area contributed by atoms with Crippen molar-refractivity contribution in [1.29, 1.82) is 0 Å². The maximum absolute atomic E-state index is 13.0. The normalized spacial score (nSPS) is 11.6. The zero-order valence-electron chi connectivity index (χ0n) is 17.9. The van der Waals surface area contributed by atoms with E-state index in [0.29, 0.717) is 10.6 Å². The lowest BCUT2D eigenvalue weighted by Crippen LogP contribution is -2.16. The van der Waals surface area contributed by atoms with Gasteiger partial charge in [0.1, 0.15) is 10.7 Å². The fourth-order valence-corrected chi connectivity index (χ4v) is 4.28. The molecule has 3 rings (SSSR count). The molecule has 29 heavy (non-hydrogen) atoms. The summed E-state index contributed by atoms with van der Waals surface area (Å²) >= 11 is 1.39. The van der Waals surface area contributed by atoms with E-state index in [1.165, 1.54) is 18.3 Å². The predicted molar refractivity (Wildman–Crippen MR) is 119 cm³/mol. The Morgan fingerprint density at radius 3 is 2.31 bits per heavy atom. The molecule has 1 aromatic carbocycles. The minimum absolute atomic E-state index is 0.128. The summed E-state index contributed by atoms with van der Waals surface area (Å²) < 4.78 is 0. The standard InChI is InChI=1S/C22H26N4O2S/c1-11-10-15(8-9-16(11)24-14(4)27)25-19(28)18-12(2)17-13(3)23-21(22(5,6)7)26-20(17)29-18/h8-10H,1-7H3,(H,24,27)(H,25,28). The third-order valence-electron chi connectivity index (χ3n) is 4.64. The fraction of sp³-hybridized carbons (Fsp3) is 0.364. The van der Waals surface area contributed by atoms with Gasteiger partial charge in [0.25, 0.3) is 5.91 Å². The zero-order valence-corrected chi connectivity index (χ0v) is 18.7. The van der Waals surface area contributed by atoms with Crippen LogP contribution in [0.4, 0.5) is 11.4 Å². The van der Waals surface area contributed by atoms with E-state index in [2.05, 4.69) is 36.4 Å². The topological polar surface area (TPSA) is 84.0 Å². The number of nitrogens with one attached hydrogen (secondary N) is 2. The van der Waals surface area contributed by atoms with Gasteiger partial charge < -0.3 is 10.6 Å². The number of hydrogen-bond donors (Lipinski definition) is 2. The molecule has 0 aliphatic rings. The second-order valence-electron chi connectivity index (χ2n) is 8.28. The van der Waals surface area contributed by atoms with Gasteiger partial charge in [0.15, 0.2) is 0 Å².